The van der Waals surface area contributed by atoms with E-state index in [1.807, 2.05) is 20.8 Å². The lowest BCUT2D eigenvalue weighted by molar-refractivity contribution is -0.229. The fourth-order valence-electron chi connectivity index (χ4n) is 4.12. The molecule has 3 saturated heterocycles. The minimum absolute atomic E-state index is 0.00583. The van der Waals surface area contributed by atoms with Crippen molar-refractivity contribution in [2.75, 3.05) is 0 Å². The third-order valence-electron chi connectivity index (χ3n) is 5.57. The van der Waals surface area contributed by atoms with Crippen molar-refractivity contribution in [1.29, 1.82) is 0 Å². The van der Waals surface area contributed by atoms with Gasteiger partial charge in [0.15, 0.2) is 18.9 Å². The molecular weight excluding hydrogens is 384 g/mol. The van der Waals surface area contributed by atoms with Crippen LogP contribution in [0.4, 0.5) is 0 Å². The molecule has 0 bridgehead atoms. The molecule has 0 N–H and O–H groups in total. The van der Waals surface area contributed by atoms with Gasteiger partial charge in [-0.3, -0.25) is 0 Å². The van der Waals surface area contributed by atoms with Gasteiger partial charge in [-0.1, -0.05) is 20.8 Å². The average Bonchev–Trinajstić information content (AvgIpc) is 2.66. The Hall–Kier alpha value is -0.240. The molecule has 6 heteroatoms. The second kappa shape index (κ2) is 14.8. The summed E-state index contributed by atoms with van der Waals surface area (Å²) in [6, 6.07) is 0. The second-order valence-corrected chi connectivity index (χ2v) is 8.75. The van der Waals surface area contributed by atoms with Crippen LogP contribution in [0.25, 0.3) is 0 Å². The highest BCUT2D eigenvalue weighted by atomic mass is 16.7. The van der Waals surface area contributed by atoms with E-state index in [2.05, 4.69) is 41.5 Å². The zero-order chi connectivity index (χ0) is 22.7. The van der Waals surface area contributed by atoms with Crippen molar-refractivity contribution in [2.24, 2.45) is 0 Å². The smallest absolute Gasteiger partial charge is 0.155 e. The minimum Gasteiger partial charge on any atom is -0.350 e. The molecule has 0 aromatic carbocycles. The van der Waals surface area contributed by atoms with Gasteiger partial charge in [-0.2, -0.15) is 0 Å². The van der Waals surface area contributed by atoms with Crippen LogP contribution in [0.1, 0.15) is 101 Å². The quantitative estimate of drug-likeness (QED) is 0.561. The molecule has 0 aromatic rings. The molecule has 3 fully saturated rings. The topological polar surface area (TPSA) is 55.4 Å². The lowest BCUT2D eigenvalue weighted by Crippen LogP contribution is -2.34. The molecule has 0 amide bonds. The molecule has 3 rings (SSSR count). The van der Waals surface area contributed by atoms with Crippen LogP contribution in [0.3, 0.4) is 0 Å². The standard InChI is InChI=1S/3C8H16O2/c3*1-4-8-5-6(2)9-7(3)10-8/h3*6-8H,4-5H2,1-3H3. The molecule has 3 heterocycles. The highest BCUT2D eigenvalue weighted by Gasteiger charge is 2.24. The summed E-state index contributed by atoms with van der Waals surface area (Å²) in [5.74, 6) is 0. The predicted octanol–water partition coefficient (Wildman–Crippen LogP) is 5.81. The van der Waals surface area contributed by atoms with Crippen molar-refractivity contribution in [3.05, 3.63) is 0 Å². The van der Waals surface area contributed by atoms with Crippen molar-refractivity contribution in [1.82, 2.24) is 0 Å². The maximum absolute atomic E-state index is 5.48. The van der Waals surface area contributed by atoms with E-state index in [1.54, 1.807) is 0 Å². The molecule has 9 atom stereocenters. The van der Waals surface area contributed by atoms with Crippen LogP contribution in [0.15, 0.2) is 0 Å². The Balaban J connectivity index is 0.000000225. The zero-order valence-corrected chi connectivity index (χ0v) is 20.9. The van der Waals surface area contributed by atoms with E-state index in [0.717, 1.165) is 38.5 Å². The van der Waals surface area contributed by atoms with Gasteiger partial charge in [0, 0.05) is 0 Å². The molecule has 0 aromatic heterocycles. The number of hydrogen-bond acceptors (Lipinski definition) is 6. The largest absolute Gasteiger partial charge is 0.350 e. The Morgan fingerprint density at radius 1 is 0.433 bits per heavy atom. The van der Waals surface area contributed by atoms with Gasteiger partial charge < -0.3 is 28.4 Å². The molecule has 3 aliphatic heterocycles. The zero-order valence-electron chi connectivity index (χ0n) is 20.9. The van der Waals surface area contributed by atoms with Gasteiger partial charge >= 0.3 is 0 Å². The van der Waals surface area contributed by atoms with Crippen LogP contribution in [0.2, 0.25) is 0 Å². The van der Waals surface area contributed by atoms with E-state index in [4.69, 9.17) is 28.4 Å². The Kier molecular flexibility index (Phi) is 13.7. The normalized spacial score (nSPS) is 41.7. The molecule has 0 aliphatic carbocycles. The Bertz CT molecular complexity index is 342. The molecule has 30 heavy (non-hydrogen) atoms. The fraction of sp³-hybridized carbons (Fsp3) is 1.00. The van der Waals surface area contributed by atoms with Crippen molar-refractivity contribution >= 4 is 0 Å². The Morgan fingerprint density at radius 2 is 0.667 bits per heavy atom. The first-order valence-electron chi connectivity index (χ1n) is 12.1. The van der Waals surface area contributed by atoms with Crippen LogP contribution in [0, 0.1) is 0 Å². The third-order valence-corrected chi connectivity index (χ3v) is 5.57. The van der Waals surface area contributed by atoms with Crippen LogP contribution in [0.5, 0.6) is 0 Å². The Morgan fingerprint density at radius 3 is 0.833 bits per heavy atom. The lowest BCUT2D eigenvalue weighted by Gasteiger charge is -2.31. The van der Waals surface area contributed by atoms with Gasteiger partial charge in [-0.05, 0) is 80.1 Å². The molecule has 9 unspecified atom stereocenters. The summed E-state index contributed by atoms with van der Waals surface area (Å²) >= 11 is 0. The van der Waals surface area contributed by atoms with Crippen molar-refractivity contribution in [3.8, 4) is 0 Å². The van der Waals surface area contributed by atoms with E-state index in [9.17, 15) is 0 Å². The number of hydrogen-bond donors (Lipinski definition) is 0. The number of ether oxygens (including phenoxy) is 6. The van der Waals surface area contributed by atoms with Gasteiger partial charge in [0.2, 0.25) is 0 Å². The van der Waals surface area contributed by atoms with Gasteiger partial charge in [0.05, 0.1) is 36.6 Å². The lowest BCUT2D eigenvalue weighted by atomic mass is 10.1. The van der Waals surface area contributed by atoms with Crippen LogP contribution >= 0.6 is 0 Å². The van der Waals surface area contributed by atoms with E-state index >= 15 is 0 Å². The first kappa shape index (κ1) is 27.8. The summed E-state index contributed by atoms with van der Waals surface area (Å²) < 4.78 is 32.6. The first-order valence-corrected chi connectivity index (χ1v) is 12.1. The minimum atomic E-state index is -0.00583. The third kappa shape index (κ3) is 11.4. The van der Waals surface area contributed by atoms with Crippen LogP contribution in [-0.2, 0) is 28.4 Å². The maximum atomic E-state index is 5.48. The van der Waals surface area contributed by atoms with E-state index in [0.29, 0.717) is 36.6 Å². The van der Waals surface area contributed by atoms with Crippen LogP contribution in [-0.4, -0.2) is 55.5 Å². The summed E-state index contributed by atoms with van der Waals surface area (Å²) in [4.78, 5) is 0. The predicted molar refractivity (Wildman–Crippen MR) is 119 cm³/mol. The van der Waals surface area contributed by atoms with Crippen molar-refractivity contribution in [3.63, 3.8) is 0 Å². The molecule has 3 aliphatic rings. The summed E-state index contributed by atoms with van der Waals surface area (Å²) in [5.41, 5.74) is 0. The monoisotopic (exact) mass is 432 g/mol. The van der Waals surface area contributed by atoms with Gasteiger partial charge in [-0.15, -0.1) is 0 Å². The summed E-state index contributed by atoms with van der Waals surface area (Å²) in [5, 5.41) is 0. The average molecular weight is 433 g/mol. The highest BCUT2D eigenvalue weighted by molar-refractivity contribution is 4.67. The summed E-state index contributed by atoms with van der Waals surface area (Å²) in [6.07, 6.45) is 8.75. The Labute approximate surface area is 185 Å². The first-order chi connectivity index (χ1) is 14.2. The molecular formula is C24H48O6. The molecule has 180 valence electrons. The van der Waals surface area contributed by atoms with E-state index < -0.39 is 0 Å². The fourth-order valence-corrected chi connectivity index (χ4v) is 4.12. The molecule has 0 spiro atoms. The molecule has 6 nitrogen and oxygen atoms in total. The SMILES string of the molecule is CCC1CC(C)OC(C)O1.CCC1CC(C)OC(C)O1.CCC1CC(C)OC(C)O1. The van der Waals surface area contributed by atoms with E-state index in [1.165, 1.54) is 0 Å². The number of rotatable bonds is 3. The maximum Gasteiger partial charge on any atom is 0.155 e. The van der Waals surface area contributed by atoms with Crippen LogP contribution < -0.4 is 0 Å². The summed E-state index contributed by atoms with van der Waals surface area (Å²) in [7, 11) is 0. The van der Waals surface area contributed by atoms with Gasteiger partial charge in [0.25, 0.3) is 0 Å². The van der Waals surface area contributed by atoms with Crippen molar-refractivity contribution in [2.45, 2.75) is 156 Å². The van der Waals surface area contributed by atoms with Gasteiger partial charge in [0.1, 0.15) is 0 Å². The van der Waals surface area contributed by atoms with E-state index in [-0.39, 0.29) is 18.9 Å². The second-order valence-electron chi connectivity index (χ2n) is 8.75. The van der Waals surface area contributed by atoms with Gasteiger partial charge in [-0.25, -0.2) is 0 Å². The molecule has 0 saturated carbocycles. The molecule has 0 radical (unpaired) electrons. The summed E-state index contributed by atoms with van der Waals surface area (Å²) in [6.45, 7) is 18.6. The van der Waals surface area contributed by atoms with Crippen molar-refractivity contribution < 1.29 is 28.4 Å². The highest BCUT2D eigenvalue weighted by Crippen LogP contribution is 2.21.